The molecule has 0 unspecified atom stereocenters. The maximum absolute atomic E-state index is 13.1. The number of hydrogen-bond donors (Lipinski definition) is 0. The second-order valence-corrected chi connectivity index (χ2v) is 8.51. The normalized spacial score (nSPS) is 11.3. The number of halogens is 1. The van der Waals surface area contributed by atoms with E-state index in [9.17, 15) is 4.79 Å². The van der Waals surface area contributed by atoms with Gasteiger partial charge in [0.15, 0.2) is 5.13 Å². The maximum atomic E-state index is 13.1. The highest BCUT2D eigenvalue weighted by Crippen LogP contribution is 2.30. The van der Waals surface area contributed by atoms with E-state index >= 15 is 0 Å². The molecule has 3 aromatic rings. The van der Waals surface area contributed by atoms with Crippen molar-refractivity contribution in [1.82, 2.24) is 9.88 Å². The fourth-order valence-electron chi connectivity index (χ4n) is 2.71. The molecule has 0 saturated heterocycles. The molecule has 1 heterocycles. The lowest BCUT2D eigenvalue weighted by atomic mass is 10.2. The number of carbonyl (C=O) groups is 1. The van der Waals surface area contributed by atoms with E-state index in [4.69, 9.17) is 4.98 Å². The average Bonchev–Trinajstić information content (AvgIpc) is 3.01. The van der Waals surface area contributed by atoms with Crippen molar-refractivity contribution in [3.63, 3.8) is 0 Å². The Balaban J connectivity index is 1.92. The highest BCUT2D eigenvalue weighted by atomic mass is 79.9. The van der Waals surface area contributed by atoms with E-state index in [2.05, 4.69) is 39.9 Å². The lowest BCUT2D eigenvalue weighted by Gasteiger charge is -2.21. The summed E-state index contributed by atoms with van der Waals surface area (Å²) < 4.78 is 2.07. The van der Waals surface area contributed by atoms with E-state index in [-0.39, 0.29) is 5.91 Å². The highest BCUT2D eigenvalue weighted by molar-refractivity contribution is 9.10. The summed E-state index contributed by atoms with van der Waals surface area (Å²) in [6.45, 7) is 3.64. The standard InChI is InChI=1S/C20H22BrN3OS/c1-14-5-10-17-18(13-14)26-20(22-17)24(12-4-11-23(2)3)19(25)15-6-8-16(21)9-7-15/h5-10,13H,4,11-12H2,1-3H3. The Kier molecular flexibility index (Phi) is 6.06. The Morgan fingerprint density at radius 3 is 2.54 bits per heavy atom. The molecule has 0 aliphatic rings. The van der Waals surface area contributed by atoms with Crippen molar-refractivity contribution in [2.45, 2.75) is 13.3 Å². The molecule has 0 N–H and O–H groups in total. The van der Waals surface area contributed by atoms with Gasteiger partial charge in [0.05, 0.1) is 10.2 Å². The monoisotopic (exact) mass is 431 g/mol. The van der Waals surface area contributed by atoms with Crippen molar-refractivity contribution in [2.75, 3.05) is 32.1 Å². The molecule has 3 rings (SSSR count). The Labute approximate surface area is 166 Å². The minimum atomic E-state index is -0.00738. The molecular weight excluding hydrogens is 410 g/mol. The predicted octanol–water partition coefficient (Wildman–Crippen LogP) is 4.97. The summed E-state index contributed by atoms with van der Waals surface area (Å²) in [6, 6.07) is 13.7. The molecule has 2 aromatic carbocycles. The van der Waals surface area contributed by atoms with Crippen LogP contribution < -0.4 is 4.90 Å². The van der Waals surface area contributed by atoms with Gasteiger partial charge in [-0.2, -0.15) is 0 Å². The zero-order valence-electron chi connectivity index (χ0n) is 15.2. The lowest BCUT2D eigenvalue weighted by Crippen LogP contribution is -2.33. The van der Waals surface area contributed by atoms with Gasteiger partial charge in [0.2, 0.25) is 0 Å². The molecule has 0 spiro atoms. The number of thiazole rings is 1. The molecule has 0 bridgehead atoms. The highest BCUT2D eigenvalue weighted by Gasteiger charge is 2.21. The van der Waals surface area contributed by atoms with Crippen molar-refractivity contribution in [2.24, 2.45) is 0 Å². The Morgan fingerprint density at radius 2 is 1.85 bits per heavy atom. The van der Waals surface area contributed by atoms with Crippen LogP contribution in [0.25, 0.3) is 10.2 Å². The van der Waals surface area contributed by atoms with Gasteiger partial charge in [0.25, 0.3) is 5.91 Å². The van der Waals surface area contributed by atoms with Gasteiger partial charge >= 0.3 is 0 Å². The van der Waals surface area contributed by atoms with E-state index in [1.54, 1.807) is 11.3 Å². The minimum Gasteiger partial charge on any atom is -0.309 e. The Morgan fingerprint density at radius 1 is 1.12 bits per heavy atom. The summed E-state index contributed by atoms with van der Waals surface area (Å²) in [6.07, 6.45) is 0.893. The molecule has 0 aliphatic carbocycles. The van der Waals surface area contributed by atoms with Crippen LogP contribution in [0.4, 0.5) is 5.13 Å². The third kappa shape index (κ3) is 4.50. The number of benzene rings is 2. The second-order valence-electron chi connectivity index (χ2n) is 6.59. The zero-order chi connectivity index (χ0) is 18.7. The van der Waals surface area contributed by atoms with Crippen LogP contribution in [0.15, 0.2) is 46.9 Å². The molecule has 0 aliphatic heterocycles. The van der Waals surface area contributed by atoms with Gasteiger partial charge in [-0.15, -0.1) is 0 Å². The third-order valence-corrected chi connectivity index (χ3v) is 5.66. The van der Waals surface area contributed by atoms with Crippen molar-refractivity contribution in [1.29, 1.82) is 0 Å². The number of amides is 1. The van der Waals surface area contributed by atoms with Gasteiger partial charge in [-0.3, -0.25) is 9.69 Å². The van der Waals surface area contributed by atoms with Crippen molar-refractivity contribution in [3.8, 4) is 0 Å². The number of anilines is 1. The maximum Gasteiger partial charge on any atom is 0.260 e. The molecule has 136 valence electrons. The van der Waals surface area contributed by atoms with Crippen LogP contribution in [0.3, 0.4) is 0 Å². The van der Waals surface area contributed by atoms with Crippen LogP contribution in [-0.2, 0) is 0 Å². The third-order valence-electron chi connectivity index (χ3n) is 4.09. The van der Waals surface area contributed by atoms with Gasteiger partial charge in [0, 0.05) is 16.6 Å². The molecule has 0 saturated carbocycles. The lowest BCUT2D eigenvalue weighted by molar-refractivity contribution is 0.0986. The van der Waals surface area contributed by atoms with Gasteiger partial charge < -0.3 is 4.90 Å². The molecule has 4 nitrogen and oxygen atoms in total. The first-order valence-corrected chi connectivity index (χ1v) is 10.1. The fourth-order valence-corrected chi connectivity index (χ4v) is 4.07. The summed E-state index contributed by atoms with van der Waals surface area (Å²) in [5.74, 6) is -0.00738. The van der Waals surface area contributed by atoms with Crippen LogP contribution in [0.5, 0.6) is 0 Å². The molecule has 0 fully saturated rings. The van der Waals surface area contributed by atoms with Crippen molar-refractivity contribution < 1.29 is 4.79 Å². The summed E-state index contributed by atoms with van der Waals surface area (Å²) in [7, 11) is 4.09. The second kappa shape index (κ2) is 8.29. The Hall–Kier alpha value is -1.76. The van der Waals surface area contributed by atoms with E-state index < -0.39 is 0 Å². The molecule has 6 heteroatoms. The summed E-state index contributed by atoms with van der Waals surface area (Å²) >= 11 is 5.00. The molecule has 0 radical (unpaired) electrons. The SMILES string of the molecule is Cc1ccc2nc(N(CCCN(C)C)C(=O)c3ccc(Br)cc3)sc2c1. The van der Waals surface area contributed by atoms with E-state index in [1.165, 1.54) is 5.56 Å². The topological polar surface area (TPSA) is 36.4 Å². The van der Waals surface area contributed by atoms with E-state index in [1.807, 2.05) is 49.3 Å². The number of aryl methyl sites for hydroxylation is 1. The number of fused-ring (bicyclic) bond motifs is 1. The number of carbonyl (C=O) groups excluding carboxylic acids is 1. The number of nitrogens with zero attached hydrogens (tertiary/aromatic N) is 3. The first-order valence-electron chi connectivity index (χ1n) is 8.53. The minimum absolute atomic E-state index is 0.00738. The Bertz CT molecular complexity index is 905. The molecule has 1 amide bonds. The van der Waals surface area contributed by atoms with Gasteiger partial charge in [-0.25, -0.2) is 4.98 Å². The molecule has 26 heavy (non-hydrogen) atoms. The molecule has 1 aromatic heterocycles. The molecular formula is C20H22BrN3OS. The number of aromatic nitrogens is 1. The first-order chi connectivity index (χ1) is 12.4. The van der Waals surface area contributed by atoms with Crippen molar-refractivity contribution >= 4 is 48.5 Å². The summed E-state index contributed by atoms with van der Waals surface area (Å²) in [5, 5.41) is 0.761. The van der Waals surface area contributed by atoms with Crippen molar-refractivity contribution in [3.05, 3.63) is 58.1 Å². The molecule has 0 atom stereocenters. The van der Waals surface area contributed by atoms with Gasteiger partial charge in [-0.05, 0) is 75.9 Å². The largest absolute Gasteiger partial charge is 0.309 e. The predicted molar refractivity (Wildman–Crippen MR) is 113 cm³/mol. The van der Waals surface area contributed by atoms with E-state index in [0.29, 0.717) is 12.1 Å². The smallest absolute Gasteiger partial charge is 0.260 e. The number of rotatable bonds is 6. The number of hydrogen-bond acceptors (Lipinski definition) is 4. The first kappa shape index (κ1) is 19.0. The van der Waals surface area contributed by atoms with Crippen LogP contribution >= 0.6 is 27.3 Å². The van der Waals surface area contributed by atoms with Crippen LogP contribution in [-0.4, -0.2) is 43.0 Å². The van der Waals surface area contributed by atoms with Crippen LogP contribution in [0.2, 0.25) is 0 Å². The average molecular weight is 432 g/mol. The van der Waals surface area contributed by atoms with Gasteiger partial charge in [0.1, 0.15) is 0 Å². The van der Waals surface area contributed by atoms with Crippen LogP contribution in [0, 0.1) is 6.92 Å². The summed E-state index contributed by atoms with van der Waals surface area (Å²) in [4.78, 5) is 21.8. The summed E-state index contributed by atoms with van der Waals surface area (Å²) in [5.41, 5.74) is 2.82. The quantitative estimate of drug-likeness (QED) is 0.552. The van der Waals surface area contributed by atoms with Crippen LogP contribution in [0.1, 0.15) is 22.3 Å². The zero-order valence-corrected chi connectivity index (χ0v) is 17.6. The fraction of sp³-hybridized carbons (Fsp3) is 0.300. The van der Waals surface area contributed by atoms with E-state index in [0.717, 1.165) is 32.8 Å². The van der Waals surface area contributed by atoms with Gasteiger partial charge in [-0.1, -0.05) is 33.3 Å².